The van der Waals surface area contributed by atoms with Gasteiger partial charge in [-0.25, -0.2) is 9.59 Å². The minimum Gasteiger partial charge on any atom is -1.00 e. The Morgan fingerprint density at radius 1 is 0.694 bits per heavy atom. The summed E-state index contributed by atoms with van der Waals surface area (Å²) < 4.78 is 35.2. The SMILES string of the molecule is C[N+](C)(C)CCOC(=O)c1ccccc1OS(=O)Oc1ccccc1C(=O)OCC[N+](C)(C)C.[H-].[H-].[K+].[K+]. The molecule has 0 fully saturated rings. The summed E-state index contributed by atoms with van der Waals surface area (Å²) in [6.07, 6.45) is 0. The van der Waals surface area contributed by atoms with Gasteiger partial charge in [-0.3, -0.25) is 0 Å². The van der Waals surface area contributed by atoms with Crippen molar-refractivity contribution in [3.05, 3.63) is 59.7 Å². The fourth-order valence-corrected chi connectivity index (χ4v) is 3.18. The van der Waals surface area contributed by atoms with E-state index in [1.165, 1.54) is 24.3 Å². The van der Waals surface area contributed by atoms with E-state index >= 15 is 0 Å². The molecule has 12 heteroatoms. The smallest absolute Gasteiger partial charge is 1.00 e. The summed E-state index contributed by atoms with van der Waals surface area (Å²) in [5.41, 5.74) is 0.239. The van der Waals surface area contributed by atoms with E-state index in [9.17, 15) is 13.8 Å². The Labute approximate surface area is 304 Å². The molecule has 0 heterocycles. The second-order valence-electron chi connectivity index (χ2n) is 9.66. The minimum absolute atomic E-state index is 0. The number of likely N-dealkylation sites (N-methyl/N-ethyl adjacent to an activating group) is 2. The molecule has 36 heavy (non-hydrogen) atoms. The molecular weight excluding hydrogens is 539 g/mol. The number of ether oxygens (including phenoxy) is 2. The van der Waals surface area contributed by atoms with Crippen molar-refractivity contribution in [1.29, 1.82) is 0 Å². The van der Waals surface area contributed by atoms with E-state index in [-0.39, 0.29) is 141 Å². The van der Waals surface area contributed by atoms with Crippen molar-refractivity contribution in [2.75, 3.05) is 68.6 Å². The van der Waals surface area contributed by atoms with Crippen LogP contribution < -0.4 is 111 Å². The van der Waals surface area contributed by atoms with Crippen LogP contribution in [0.4, 0.5) is 0 Å². The van der Waals surface area contributed by atoms with Crippen LogP contribution in [0.25, 0.3) is 0 Å². The second kappa shape index (κ2) is 17.1. The average Bonchev–Trinajstić information content (AvgIpc) is 2.72. The van der Waals surface area contributed by atoms with E-state index in [1.807, 2.05) is 42.3 Å². The molecule has 0 N–H and O–H groups in total. The minimum atomic E-state index is -2.34. The van der Waals surface area contributed by atoms with Gasteiger partial charge in [0.2, 0.25) is 0 Å². The third-order valence-corrected chi connectivity index (χ3v) is 5.15. The first-order valence-corrected chi connectivity index (χ1v) is 11.8. The summed E-state index contributed by atoms with van der Waals surface area (Å²) in [5.74, 6) is -1.11. The first-order valence-electron chi connectivity index (χ1n) is 10.8. The van der Waals surface area contributed by atoms with Crippen LogP contribution in [0.5, 0.6) is 11.5 Å². The van der Waals surface area contributed by atoms with Crippen molar-refractivity contribution in [2.45, 2.75) is 0 Å². The number of esters is 2. The van der Waals surface area contributed by atoms with Crippen molar-refractivity contribution < 1.29 is 146 Å². The molecular formula is C24H36K2N2O7S+2. The van der Waals surface area contributed by atoms with Gasteiger partial charge in [-0.1, -0.05) is 24.3 Å². The summed E-state index contributed by atoms with van der Waals surface area (Å²) in [7, 11) is 11.9. The number of carbonyl (C=O) groups is 2. The van der Waals surface area contributed by atoms with Gasteiger partial charge >= 0.3 is 126 Å². The summed E-state index contributed by atoms with van der Waals surface area (Å²) in [4.78, 5) is 25.0. The van der Waals surface area contributed by atoms with Gasteiger partial charge in [0.1, 0.15) is 37.4 Å². The monoisotopic (exact) mass is 574 g/mol. The van der Waals surface area contributed by atoms with E-state index in [1.54, 1.807) is 24.3 Å². The molecule has 0 saturated heterocycles. The predicted octanol–water partition coefficient (Wildman–Crippen LogP) is -3.32. The normalized spacial score (nSPS) is 11.1. The summed E-state index contributed by atoms with van der Waals surface area (Å²) in [5, 5.41) is 0. The Bertz CT molecular complexity index is 956. The molecule has 190 valence electrons. The Balaban J connectivity index is -0.00000306. The fraction of sp³-hybridized carbons (Fsp3) is 0.417. The van der Waals surface area contributed by atoms with Crippen molar-refractivity contribution >= 4 is 23.3 Å². The van der Waals surface area contributed by atoms with Crippen molar-refractivity contribution in [3.63, 3.8) is 0 Å². The van der Waals surface area contributed by atoms with E-state index in [0.717, 1.165) is 0 Å². The molecule has 0 spiro atoms. The van der Waals surface area contributed by atoms with Crippen molar-refractivity contribution in [2.24, 2.45) is 0 Å². The first kappa shape index (κ1) is 36.3. The van der Waals surface area contributed by atoms with Gasteiger partial charge in [0.25, 0.3) is 0 Å². The average molecular weight is 575 g/mol. The molecule has 9 nitrogen and oxygen atoms in total. The summed E-state index contributed by atoms with van der Waals surface area (Å²) in [6.45, 7) is 1.70. The van der Waals surface area contributed by atoms with Gasteiger partial charge in [0.15, 0.2) is 11.5 Å². The summed E-state index contributed by atoms with van der Waals surface area (Å²) >= 11 is -2.34. The number of hydrogen-bond acceptors (Lipinski definition) is 7. The van der Waals surface area contributed by atoms with Gasteiger partial charge in [-0.15, -0.1) is 0 Å². The molecule has 0 bridgehead atoms. The van der Waals surface area contributed by atoms with Crippen LogP contribution in [0.3, 0.4) is 0 Å². The van der Waals surface area contributed by atoms with E-state index in [2.05, 4.69) is 0 Å². The van der Waals surface area contributed by atoms with E-state index in [0.29, 0.717) is 22.1 Å². The maximum atomic E-state index is 12.6. The number of carbonyl (C=O) groups excluding carboxylic acids is 2. The van der Waals surface area contributed by atoms with Crippen LogP contribution >= 0.6 is 0 Å². The number of quaternary nitrogens is 2. The van der Waals surface area contributed by atoms with Crippen LogP contribution in [-0.2, 0) is 20.8 Å². The quantitative estimate of drug-likeness (QED) is 0.149. The zero-order chi connectivity index (χ0) is 25.4. The first-order chi connectivity index (χ1) is 15.9. The number of hydrogen-bond donors (Lipinski definition) is 0. The second-order valence-corrected chi connectivity index (χ2v) is 10.4. The third kappa shape index (κ3) is 13.9. The van der Waals surface area contributed by atoms with Crippen LogP contribution in [0.1, 0.15) is 23.6 Å². The summed E-state index contributed by atoms with van der Waals surface area (Å²) in [6, 6.07) is 12.6. The van der Waals surface area contributed by atoms with Crippen LogP contribution in [-0.4, -0.2) is 93.7 Å². The van der Waals surface area contributed by atoms with E-state index < -0.39 is 23.3 Å². The molecule has 2 aromatic rings. The number of para-hydroxylation sites is 2. The Morgan fingerprint density at radius 3 is 1.36 bits per heavy atom. The number of nitrogens with zero attached hydrogens (tertiary/aromatic N) is 2. The molecule has 0 aliphatic heterocycles. The molecule has 0 aromatic heterocycles. The molecule has 0 aliphatic rings. The van der Waals surface area contributed by atoms with Gasteiger partial charge < -0.3 is 29.7 Å². The van der Waals surface area contributed by atoms with Gasteiger partial charge in [0.05, 0.1) is 42.3 Å². The van der Waals surface area contributed by atoms with Crippen molar-refractivity contribution in [3.8, 4) is 11.5 Å². The molecule has 0 aliphatic carbocycles. The zero-order valence-corrected chi connectivity index (χ0v) is 29.7. The molecule has 0 saturated carbocycles. The Kier molecular flexibility index (Phi) is 17.3. The van der Waals surface area contributed by atoms with Crippen LogP contribution in [0, 0.1) is 0 Å². The maximum Gasteiger partial charge on any atom is 1.00 e. The molecule has 0 radical (unpaired) electrons. The molecule has 2 aromatic carbocycles. The van der Waals surface area contributed by atoms with Gasteiger partial charge in [-0.2, -0.15) is 4.21 Å². The standard InChI is InChI=1S/C24H34N2O7S.2K.2H/c1-25(2,3)15-17-30-23(27)19-11-7-9-13-21(19)32-34(29)33-22-14-10-8-12-20(22)24(28)31-18-16-26(4,5)6;;;;/h7-14H,15-18H2,1-6H3;;;;/q+2;2*+1;2*-1. The molecule has 0 unspecified atom stereocenters. The van der Waals surface area contributed by atoms with Gasteiger partial charge in [0, 0.05) is 0 Å². The van der Waals surface area contributed by atoms with Crippen molar-refractivity contribution in [1.82, 2.24) is 0 Å². The fourth-order valence-electron chi connectivity index (χ4n) is 2.56. The van der Waals surface area contributed by atoms with Crippen LogP contribution in [0.2, 0.25) is 0 Å². The van der Waals surface area contributed by atoms with Crippen LogP contribution in [0.15, 0.2) is 48.5 Å². The third-order valence-electron chi connectivity index (χ3n) is 4.52. The largest absolute Gasteiger partial charge is 1.00 e. The predicted molar refractivity (Wildman–Crippen MR) is 131 cm³/mol. The molecule has 0 amide bonds. The zero-order valence-electron chi connectivity index (χ0n) is 24.6. The van der Waals surface area contributed by atoms with Gasteiger partial charge in [-0.05, 0) is 24.3 Å². The molecule has 0 atom stereocenters. The topological polar surface area (TPSA) is 88.1 Å². The Hall–Kier alpha value is 0.323. The Morgan fingerprint density at radius 2 is 1.03 bits per heavy atom. The molecule has 2 rings (SSSR count). The maximum absolute atomic E-state index is 12.6. The number of rotatable bonds is 12. The van der Waals surface area contributed by atoms with E-state index in [4.69, 9.17) is 17.8 Å². The number of benzene rings is 2.